The average Bonchev–Trinajstić information content (AvgIpc) is 2.72. The summed E-state index contributed by atoms with van der Waals surface area (Å²) in [6, 6.07) is 34.0. The molecule has 0 aliphatic carbocycles. The number of hydrogen-bond acceptors (Lipinski definition) is 1. The van der Waals surface area contributed by atoms with E-state index >= 15 is 0 Å². The quantitative estimate of drug-likeness (QED) is 0.571. The zero-order chi connectivity index (χ0) is 17.0. The Balaban J connectivity index is 2.01. The Morgan fingerprint density at radius 3 is 1.20 bits per heavy atom. The molecule has 1 saturated heterocycles. The number of hydrogen-bond donors (Lipinski definition) is 0. The van der Waals surface area contributed by atoms with Crippen LogP contribution in [0.4, 0.5) is 0 Å². The van der Waals surface area contributed by atoms with E-state index in [9.17, 15) is 0 Å². The molecule has 0 amide bonds. The van der Waals surface area contributed by atoms with Gasteiger partial charge in [0, 0.05) is 0 Å². The van der Waals surface area contributed by atoms with Crippen LogP contribution >= 0.6 is 0 Å². The minimum absolute atomic E-state index is 1.23. The van der Waals surface area contributed by atoms with E-state index < -0.39 is 18.7 Å². The predicted molar refractivity (Wildman–Crippen MR) is 109 cm³/mol. The van der Waals surface area contributed by atoms with Crippen LogP contribution in [0.1, 0.15) is 19.3 Å². The number of benzene rings is 3. The fourth-order valence-corrected chi connectivity index (χ4v) is 18.9. The van der Waals surface area contributed by atoms with Gasteiger partial charge in [0.15, 0.2) is 0 Å². The van der Waals surface area contributed by atoms with Gasteiger partial charge in [0.25, 0.3) is 0 Å². The van der Waals surface area contributed by atoms with Crippen LogP contribution in [0, 0.1) is 0 Å². The van der Waals surface area contributed by atoms with Crippen LogP contribution in [0.2, 0.25) is 0 Å². The molecular weight excluding hydrogens is 409 g/mol. The minimum atomic E-state index is -3.20. The molecule has 25 heavy (non-hydrogen) atoms. The Kier molecular flexibility index (Phi) is 5.23. The van der Waals surface area contributed by atoms with Crippen LogP contribution in [0.3, 0.4) is 0 Å². The van der Waals surface area contributed by atoms with E-state index in [0.717, 1.165) is 0 Å². The van der Waals surface area contributed by atoms with Gasteiger partial charge in [-0.1, -0.05) is 0 Å². The summed E-state index contributed by atoms with van der Waals surface area (Å²) in [7, 11) is 0. The molecule has 3 aromatic carbocycles. The van der Waals surface area contributed by atoms with Crippen LogP contribution in [-0.2, 0) is 0 Å². The standard InChI is InChI=1S/3C6H5.C5H10N.Sn/c4*1-2-4-6-5-3-1;/h3*1-5H;1-5H2;/q;;;-1;+1. The van der Waals surface area contributed by atoms with Gasteiger partial charge in [-0.25, -0.2) is 0 Å². The number of nitrogens with zero attached hydrogens (tertiary/aromatic N) is 1. The molecule has 3 aromatic rings. The second-order valence-corrected chi connectivity index (χ2v) is 17.7. The summed E-state index contributed by atoms with van der Waals surface area (Å²) >= 11 is -3.20. The van der Waals surface area contributed by atoms with Gasteiger partial charge in [0.1, 0.15) is 0 Å². The van der Waals surface area contributed by atoms with E-state index in [1.165, 1.54) is 32.4 Å². The van der Waals surface area contributed by atoms with Crippen LogP contribution in [0.15, 0.2) is 91.0 Å². The van der Waals surface area contributed by atoms with Gasteiger partial charge in [-0.3, -0.25) is 0 Å². The van der Waals surface area contributed by atoms with Crippen molar-refractivity contribution in [3.63, 3.8) is 0 Å². The number of rotatable bonds is 4. The molecule has 0 N–H and O–H groups in total. The summed E-state index contributed by atoms with van der Waals surface area (Å²) in [5.74, 6) is 0. The van der Waals surface area contributed by atoms with Gasteiger partial charge in [0.05, 0.1) is 0 Å². The summed E-state index contributed by atoms with van der Waals surface area (Å²) in [4.78, 5) is 0. The molecule has 0 atom stereocenters. The van der Waals surface area contributed by atoms with Crippen LogP contribution in [0.5, 0.6) is 0 Å². The molecule has 1 aliphatic heterocycles. The SMILES string of the molecule is c1cc[c]([Sn]([c]2ccccc2)([c]2ccccc2)[N]2CCCCC2)cc1. The Morgan fingerprint density at radius 1 is 0.480 bits per heavy atom. The molecule has 1 heterocycles. The van der Waals surface area contributed by atoms with Crippen molar-refractivity contribution in [1.82, 2.24) is 3.12 Å². The third-order valence-corrected chi connectivity index (χ3v) is 19.4. The molecule has 0 saturated carbocycles. The first-order valence-electron chi connectivity index (χ1n) is 9.34. The molecule has 0 spiro atoms. The molecule has 1 aliphatic rings. The van der Waals surface area contributed by atoms with E-state index in [0.29, 0.717) is 0 Å². The Morgan fingerprint density at radius 2 is 0.840 bits per heavy atom. The van der Waals surface area contributed by atoms with Gasteiger partial charge in [0.2, 0.25) is 0 Å². The maximum absolute atomic E-state index is 3.20. The summed E-state index contributed by atoms with van der Waals surface area (Å²) < 4.78 is 7.60. The summed E-state index contributed by atoms with van der Waals surface area (Å²) in [6.45, 7) is 2.46. The monoisotopic (exact) mass is 435 g/mol. The first-order valence-corrected chi connectivity index (χ1v) is 14.9. The van der Waals surface area contributed by atoms with Gasteiger partial charge in [-0.05, 0) is 0 Å². The Labute approximate surface area is 155 Å². The summed E-state index contributed by atoms with van der Waals surface area (Å²) in [6.07, 6.45) is 4.02. The van der Waals surface area contributed by atoms with Crippen molar-refractivity contribution >= 4 is 29.4 Å². The maximum atomic E-state index is 2.90. The molecule has 2 heteroatoms. The third-order valence-electron chi connectivity index (χ3n) is 5.41. The predicted octanol–water partition coefficient (Wildman–Crippen LogP) is 3.14. The number of piperidine rings is 1. The van der Waals surface area contributed by atoms with Crippen molar-refractivity contribution in [2.24, 2.45) is 0 Å². The molecule has 1 nitrogen and oxygen atoms in total. The summed E-state index contributed by atoms with van der Waals surface area (Å²) in [5.41, 5.74) is 0. The van der Waals surface area contributed by atoms with E-state index in [-0.39, 0.29) is 0 Å². The van der Waals surface area contributed by atoms with E-state index in [1.807, 2.05) is 0 Å². The average molecular weight is 434 g/mol. The van der Waals surface area contributed by atoms with E-state index in [1.54, 1.807) is 10.7 Å². The van der Waals surface area contributed by atoms with Crippen molar-refractivity contribution in [2.45, 2.75) is 19.3 Å². The van der Waals surface area contributed by atoms with E-state index in [2.05, 4.69) is 94.1 Å². The summed E-state index contributed by atoms with van der Waals surface area (Å²) in [5, 5.41) is 0. The van der Waals surface area contributed by atoms with Crippen molar-refractivity contribution < 1.29 is 0 Å². The topological polar surface area (TPSA) is 3.24 Å². The first-order chi connectivity index (χ1) is 12.4. The fraction of sp³-hybridized carbons (Fsp3) is 0.217. The van der Waals surface area contributed by atoms with E-state index in [4.69, 9.17) is 0 Å². The molecule has 126 valence electrons. The normalized spacial score (nSPS) is 15.8. The zero-order valence-corrected chi connectivity index (χ0v) is 17.5. The Bertz CT molecular complexity index is 683. The van der Waals surface area contributed by atoms with Gasteiger partial charge in [-0.15, -0.1) is 0 Å². The van der Waals surface area contributed by atoms with Crippen molar-refractivity contribution in [3.8, 4) is 0 Å². The van der Waals surface area contributed by atoms with Gasteiger partial charge < -0.3 is 0 Å². The second-order valence-electron chi connectivity index (χ2n) is 6.86. The second kappa shape index (κ2) is 7.75. The third kappa shape index (κ3) is 3.16. The molecule has 0 radical (unpaired) electrons. The zero-order valence-electron chi connectivity index (χ0n) is 14.6. The fourth-order valence-electron chi connectivity index (χ4n) is 4.32. The first kappa shape index (κ1) is 16.9. The van der Waals surface area contributed by atoms with Crippen molar-refractivity contribution in [2.75, 3.05) is 13.1 Å². The van der Waals surface area contributed by atoms with Crippen LogP contribution in [0.25, 0.3) is 0 Å². The molecule has 4 rings (SSSR count). The molecule has 0 aromatic heterocycles. The molecule has 0 unspecified atom stereocenters. The molecule has 1 fully saturated rings. The molecule has 0 bridgehead atoms. The molecular formula is C23H25NSn. The van der Waals surface area contributed by atoms with Crippen molar-refractivity contribution in [1.29, 1.82) is 0 Å². The van der Waals surface area contributed by atoms with Crippen LogP contribution < -0.4 is 10.7 Å². The van der Waals surface area contributed by atoms with Gasteiger partial charge >= 0.3 is 156 Å². The Hall–Kier alpha value is -1.58. The van der Waals surface area contributed by atoms with Gasteiger partial charge in [-0.2, -0.15) is 0 Å². The van der Waals surface area contributed by atoms with Crippen molar-refractivity contribution in [3.05, 3.63) is 91.0 Å². The van der Waals surface area contributed by atoms with Crippen LogP contribution in [-0.4, -0.2) is 34.9 Å².